The molecular weight excluding hydrogens is 398 g/mol. The molecule has 7 heteroatoms. The molecule has 2 aromatic rings. The molecule has 104 valence electrons. The largest absolute Gasteiger partial charge is 0.394 e. The van der Waals surface area contributed by atoms with E-state index in [0.29, 0.717) is 14.6 Å². The molecule has 20 heavy (non-hydrogen) atoms. The molecule has 0 heterocycles. The first kappa shape index (κ1) is 14.9. The van der Waals surface area contributed by atoms with Crippen molar-refractivity contribution in [2.45, 2.75) is 0 Å². The standard InChI is InChI=1S/C13H8Br2F2N2O/c14-7-2-1-3-8(15)12(7)19-13(20)6-4-9(16)11(18)10(17)5-6/h1-5H,18H2,(H,19,20). The SMILES string of the molecule is Nc1c(F)cc(C(=O)Nc2c(Br)cccc2Br)cc1F. The van der Waals surface area contributed by atoms with Gasteiger partial charge in [0.15, 0.2) is 0 Å². The van der Waals surface area contributed by atoms with E-state index in [0.717, 1.165) is 12.1 Å². The molecule has 0 aliphatic heterocycles. The molecule has 0 aliphatic carbocycles. The fraction of sp³-hybridized carbons (Fsp3) is 0. The van der Waals surface area contributed by atoms with E-state index < -0.39 is 23.2 Å². The lowest BCUT2D eigenvalue weighted by Gasteiger charge is -2.10. The van der Waals surface area contributed by atoms with Crippen LogP contribution in [0.25, 0.3) is 0 Å². The number of nitrogens with one attached hydrogen (secondary N) is 1. The van der Waals surface area contributed by atoms with Gasteiger partial charge in [-0.3, -0.25) is 4.79 Å². The third-order valence-corrected chi connectivity index (χ3v) is 3.86. The second-order valence-corrected chi connectivity index (χ2v) is 5.61. The smallest absolute Gasteiger partial charge is 0.255 e. The molecule has 0 unspecified atom stereocenters. The van der Waals surface area contributed by atoms with Gasteiger partial charge in [0.2, 0.25) is 0 Å². The lowest BCUT2D eigenvalue weighted by Crippen LogP contribution is -2.14. The van der Waals surface area contributed by atoms with Crippen molar-refractivity contribution in [1.29, 1.82) is 0 Å². The highest BCUT2D eigenvalue weighted by molar-refractivity contribution is 9.11. The van der Waals surface area contributed by atoms with Crippen molar-refractivity contribution in [1.82, 2.24) is 0 Å². The summed E-state index contributed by atoms with van der Waals surface area (Å²) in [5.74, 6) is -2.59. The molecule has 0 saturated heterocycles. The zero-order valence-electron chi connectivity index (χ0n) is 9.88. The van der Waals surface area contributed by atoms with E-state index in [2.05, 4.69) is 37.2 Å². The Balaban J connectivity index is 2.34. The summed E-state index contributed by atoms with van der Waals surface area (Å²) in [4.78, 5) is 12.0. The summed E-state index contributed by atoms with van der Waals surface area (Å²) in [7, 11) is 0. The maximum absolute atomic E-state index is 13.3. The Bertz CT molecular complexity index is 649. The Hall–Kier alpha value is -1.47. The van der Waals surface area contributed by atoms with Gasteiger partial charge >= 0.3 is 0 Å². The minimum atomic E-state index is -0.971. The van der Waals surface area contributed by atoms with Crippen molar-refractivity contribution in [3.63, 3.8) is 0 Å². The number of carbonyl (C=O) groups is 1. The van der Waals surface area contributed by atoms with Gasteiger partial charge in [-0.15, -0.1) is 0 Å². The van der Waals surface area contributed by atoms with E-state index in [-0.39, 0.29) is 5.56 Å². The third kappa shape index (κ3) is 2.99. The number of anilines is 2. The van der Waals surface area contributed by atoms with Gasteiger partial charge in [0.1, 0.15) is 17.3 Å². The van der Waals surface area contributed by atoms with E-state index >= 15 is 0 Å². The van der Waals surface area contributed by atoms with E-state index in [1.807, 2.05) is 0 Å². The number of halogens is 4. The first-order valence-electron chi connectivity index (χ1n) is 5.40. The molecule has 0 fully saturated rings. The van der Waals surface area contributed by atoms with Crippen LogP contribution in [0, 0.1) is 11.6 Å². The highest BCUT2D eigenvalue weighted by Gasteiger charge is 2.15. The van der Waals surface area contributed by atoms with E-state index in [9.17, 15) is 13.6 Å². The predicted molar refractivity (Wildman–Crippen MR) is 80.6 cm³/mol. The number of hydrogen-bond donors (Lipinski definition) is 2. The van der Waals surface area contributed by atoms with Gasteiger partial charge in [0, 0.05) is 14.5 Å². The molecule has 0 saturated carbocycles. The van der Waals surface area contributed by atoms with Crippen molar-refractivity contribution in [3.8, 4) is 0 Å². The molecule has 1 amide bonds. The molecule has 0 aromatic heterocycles. The third-order valence-electron chi connectivity index (χ3n) is 2.54. The van der Waals surface area contributed by atoms with Crippen LogP contribution < -0.4 is 11.1 Å². The molecule has 2 rings (SSSR count). The minimum absolute atomic E-state index is 0.156. The molecule has 0 spiro atoms. The van der Waals surface area contributed by atoms with Crippen LogP contribution in [0.2, 0.25) is 0 Å². The molecule has 0 aliphatic rings. The van der Waals surface area contributed by atoms with Gasteiger partial charge in [0.25, 0.3) is 5.91 Å². The average molecular weight is 406 g/mol. The van der Waals surface area contributed by atoms with Gasteiger partial charge in [-0.2, -0.15) is 0 Å². The fourth-order valence-corrected chi connectivity index (χ4v) is 2.72. The number of benzene rings is 2. The number of nitrogens with two attached hydrogens (primary N) is 1. The molecule has 0 bridgehead atoms. The van der Waals surface area contributed by atoms with Crippen molar-refractivity contribution >= 4 is 49.1 Å². The minimum Gasteiger partial charge on any atom is -0.394 e. The Morgan fingerprint density at radius 1 is 1.10 bits per heavy atom. The molecule has 3 N–H and O–H groups in total. The Morgan fingerprint density at radius 2 is 1.60 bits per heavy atom. The normalized spacial score (nSPS) is 10.4. The highest BCUT2D eigenvalue weighted by atomic mass is 79.9. The van der Waals surface area contributed by atoms with Crippen LogP contribution in [0.4, 0.5) is 20.2 Å². The molecule has 3 nitrogen and oxygen atoms in total. The van der Waals surface area contributed by atoms with Crippen molar-refractivity contribution in [2.24, 2.45) is 0 Å². The van der Waals surface area contributed by atoms with Gasteiger partial charge in [-0.1, -0.05) is 6.07 Å². The van der Waals surface area contributed by atoms with Crippen LogP contribution in [0.5, 0.6) is 0 Å². The van der Waals surface area contributed by atoms with Gasteiger partial charge < -0.3 is 11.1 Å². The van der Waals surface area contributed by atoms with Crippen LogP contribution in [0.3, 0.4) is 0 Å². The number of amides is 1. The quantitative estimate of drug-likeness (QED) is 0.731. The van der Waals surface area contributed by atoms with Crippen LogP contribution in [-0.4, -0.2) is 5.91 Å². The summed E-state index contributed by atoms with van der Waals surface area (Å²) in [5, 5.41) is 2.56. The second-order valence-electron chi connectivity index (χ2n) is 3.90. The summed E-state index contributed by atoms with van der Waals surface area (Å²) in [6, 6.07) is 7.00. The van der Waals surface area contributed by atoms with Crippen LogP contribution in [0.15, 0.2) is 39.3 Å². The molecular formula is C13H8Br2F2N2O. The lowest BCUT2D eigenvalue weighted by molar-refractivity contribution is 0.102. The number of nitrogen functional groups attached to an aromatic ring is 1. The van der Waals surface area contributed by atoms with Crippen molar-refractivity contribution < 1.29 is 13.6 Å². The molecule has 2 aromatic carbocycles. The van der Waals surface area contributed by atoms with Gasteiger partial charge in [0.05, 0.1) is 5.69 Å². The molecule has 0 atom stereocenters. The fourth-order valence-electron chi connectivity index (χ4n) is 1.52. The first-order chi connectivity index (χ1) is 9.40. The Kier molecular flexibility index (Phi) is 4.39. The summed E-state index contributed by atoms with van der Waals surface area (Å²) in [6.45, 7) is 0. The average Bonchev–Trinajstić information content (AvgIpc) is 2.39. The summed E-state index contributed by atoms with van der Waals surface area (Å²) in [6.07, 6.45) is 0. The van der Waals surface area contributed by atoms with Crippen molar-refractivity contribution in [2.75, 3.05) is 11.1 Å². The van der Waals surface area contributed by atoms with Gasteiger partial charge in [-0.05, 0) is 56.1 Å². The number of para-hydroxylation sites is 1. The number of rotatable bonds is 2. The number of carbonyl (C=O) groups excluding carboxylic acids is 1. The van der Waals surface area contributed by atoms with Crippen molar-refractivity contribution in [3.05, 3.63) is 56.5 Å². The van der Waals surface area contributed by atoms with E-state index in [1.165, 1.54) is 0 Å². The van der Waals surface area contributed by atoms with Gasteiger partial charge in [-0.25, -0.2) is 8.78 Å². The summed E-state index contributed by atoms with van der Waals surface area (Å²) >= 11 is 6.55. The van der Waals surface area contributed by atoms with E-state index in [4.69, 9.17) is 5.73 Å². The topological polar surface area (TPSA) is 55.1 Å². The summed E-state index contributed by atoms with van der Waals surface area (Å²) < 4.78 is 27.9. The predicted octanol–water partition coefficient (Wildman–Crippen LogP) is 4.32. The molecule has 0 radical (unpaired) electrons. The van der Waals surface area contributed by atoms with E-state index in [1.54, 1.807) is 18.2 Å². The summed E-state index contributed by atoms with van der Waals surface area (Å²) in [5.41, 5.74) is 4.86. The maximum atomic E-state index is 13.3. The zero-order chi connectivity index (χ0) is 14.9. The Labute approximate surface area is 130 Å². The monoisotopic (exact) mass is 404 g/mol. The maximum Gasteiger partial charge on any atom is 0.255 e. The lowest BCUT2D eigenvalue weighted by atomic mass is 10.1. The first-order valence-corrected chi connectivity index (χ1v) is 6.98. The Morgan fingerprint density at radius 3 is 2.10 bits per heavy atom. The van der Waals surface area contributed by atoms with Crippen LogP contribution >= 0.6 is 31.9 Å². The zero-order valence-corrected chi connectivity index (χ0v) is 13.1. The highest BCUT2D eigenvalue weighted by Crippen LogP contribution is 2.31. The van der Waals surface area contributed by atoms with Crippen LogP contribution in [-0.2, 0) is 0 Å². The van der Waals surface area contributed by atoms with Crippen LogP contribution in [0.1, 0.15) is 10.4 Å². The second kappa shape index (κ2) is 5.88. The number of hydrogen-bond acceptors (Lipinski definition) is 2.